The van der Waals surface area contributed by atoms with E-state index in [-0.39, 0.29) is 11.0 Å². The summed E-state index contributed by atoms with van der Waals surface area (Å²) in [5.41, 5.74) is 3.18. The van der Waals surface area contributed by atoms with Crippen LogP contribution in [0.4, 0.5) is 0 Å². The highest BCUT2D eigenvalue weighted by Gasteiger charge is 2.15. The van der Waals surface area contributed by atoms with E-state index in [1.165, 1.54) is 5.56 Å². The summed E-state index contributed by atoms with van der Waals surface area (Å²) in [6.45, 7) is 5.50. The maximum absolute atomic E-state index is 11.7. The molecule has 0 saturated carbocycles. The quantitative estimate of drug-likeness (QED) is 0.657. The topological polar surface area (TPSA) is 62.8 Å². The van der Waals surface area contributed by atoms with Gasteiger partial charge in [0.2, 0.25) is 0 Å². The molecule has 1 N–H and O–H groups in total. The van der Waals surface area contributed by atoms with E-state index in [0.717, 1.165) is 21.9 Å². The number of rotatable bonds is 6. The van der Waals surface area contributed by atoms with Gasteiger partial charge in [0.1, 0.15) is 0 Å². The zero-order valence-electron chi connectivity index (χ0n) is 12.0. The molecule has 0 saturated heterocycles. The monoisotopic (exact) mass is 312 g/mol. The highest BCUT2D eigenvalue weighted by Crippen LogP contribution is 2.21. The molecule has 110 valence electrons. The number of benzene rings is 1. The van der Waals surface area contributed by atoms with Crippen LogP contribution >= 0.6 is 11.8 Å². The molecule has 0 atom stereocenters. The number of H-pyrrole nitrogens is 1. The predicted octanol–water partition coefficient (Wildman–Crippen LogP) is 3.18. The number of sulfone groups is 1. The average molecular weight is 312 g/mol. The van der Waals surface area contributed by atoms with Crippen molar-refractivity contribution in [3.63, 3.8) is 0 Å². The molecule has 0 bridgehead atoms. The van der Waals surface area contributed by atoms with Crippen LogP contribution in [0.3, 0.4) is 0 Å². The second-order valence-electron chi connectivity index (χ2n) is 5.18. The molecule has 1 heterocycles. The van der Waals surface area contributed by atoms with Crippen molar-refractivity contribution in [2.24, 2.45) is 0 Å². The zero-order valence-corrected chi connectivity index (χ0v) is 13.6. The van der Waals surface area contributed by atoms with Gasteiger partial charge < -0.3 is 4.98 Å². The summed E-state index contributed by atoms with van der Waals surface area (Å²) in [5.74, 6) is 1.00. The largest absolute Gasteiger partial charge is 0.333 e. The van der Waals surface area contributed by atoms with Crippen molar-refractivity contribution in [2.45, 2.75) is 37.6 Å². The molecule has 1 aromatic carbocycles. The summed E-state index contributed by atoms with van der Waals surface area (Å²) < 4.78 is 23.4. The molecule has 4 nitrogen and oxygen atoms in total. The molecule has 0 spiro atoms. The van der Waals surface area contributed by atoms with Gasteiger partial charge in [-0.05, 0) is 44.9 Å². The first-order valence-corrected chi connectivity index (χ1v) is 9.39. The summed E-state index contributed by atoms with van der Waals surface area (Å²) in [6, 6.07) is 6.09. The van der Waals surface area contributed by atoms with Gasteiger partial charge in [-0.2, -0.15) is 0 Å². The minimum absolute atomic E-state index is 0.247. The Hall–Kier alpha value is -1.01. The Morgan fingerprint density at radius 3 is 2.80 bits per heavy atom. The molecule has 0 unspecified atom stereocenters. The fourth-order valence-corrected chi connectivity index (χ4v) is 3.86. The first kappa shape index (κ1) is 15.4. The van der Waals surface area contributed by atoms with Crippen LogP contribution in [0.5, 0.6) is 0 Å². The second-order valence-corrected chi connectivity index (χ2v) is 8.94. The molecule has 2 aromatic rings. The summed E-state index contributed by atoms with van der Waals surface area (Å²) >= 11 is 1.57. The number of aromatic amines is 1. The van der Waals surface area contributed by atoms with Crippen LogP contribution in [0, 0.1) is 6.92 Å². The molecular weight excluding hydrogens is 292 g/mol. The SMILES string of the molecule is Cc1ccc2nc(SCCCS(=O)(=O)C(C)C)[nH]c2c1. The molecule has 0 amide bonds. The Kier molecular flexibility index (Phi) is 4.75. The molecule has 0 fully saturated rings. The fourth-order valence-electron chi connectivity index (χ4n) is 1.83. The molecule has 0 radical (unpaired) electrons. The summed E-state index contributed by atoms with van der Waals surface area (Å²) in [5, 5.41) is 0.564. The van der Waals surface area contributed by atoms with E-state index in [4.69, 9.17) is 0 Å². The maximum atomic E-state index is 11.7. The Balaban J connectivity index is 1.90. The lowest BCUT2D eigenvalue weighted by atomic mass is 10.2. The number of hydrogen-bond acceptors (Lipinski definition) is 4. The van der Waals surface area contributed by atoms with Crippen molar-refractivity contribution in [2.75, 3.05) is 11.5 Å². The van der Waals surface area contributed by atoms with E-state index in [9.17, 15) is 8.42 Å². The lowest BCUT2D eigenvalue weighted by Gasteiger charge is -2.06. The van der Waals surface area contributed by atoms with E-state index >= 15 is 0 Å². The number of nitrogens with zero attached hydrogens (tertiary/aromatic N) is 1. The van der Waals surface area contributed by atoms with Crippen LogP contribution in [-0.4, -0.2) is 35.1 Å². The first-order valence-electron chi connectivity index (χ1n) is 6.69. The minimum atomic E-state index is -2.93. The molecule has 0 aliphatic heterocycles. The molecule has 0 aliphatic rings. The molecule has 0 aliphatic carbocycles. The number of aryl methyl sites for hydroxylation is 1. The molecule has 1 aromatic heterocycles. The number of imidazole rings is 1. The second kappa shape index (κ2) is 6.18. The standard InChI is InChI=1S/C14H20N2O2S2/c1-10(2)20(17,18)8-4-7-19-14-15-12-6-5-11(3)9-13(12)16-14/h5-6,9-10H,4,7-8H2,1-3H3,(H,15,16). The summed E-state index contributed by atoms with van der Waals surface area (Å²) in [4.78, 5) is 7.74. The third kappa shape index (κ3) is 3.76. The van der Waals surface area contributed by atoms with Crippen LogP contribution < -0.4 is 0 Å². The van der Waals surface area contributed by atoms with Crippen LogP contribution in [0.2, 0.25) is 0 Å². The Morgan fingerprint density at radius 1 is 1.35 bits per heavy atom. The van der Waals surface area contributed by atoms with E-state index in [1.807, 2.05) is 19.1 Å². The number of thioether (sulfide) groups is 1. The van der Waals surface area contributed by atoms with Crippen molar-refractivity contribution in [3.8, 4) is 0 Å². The molecular formula is C14H20N2O2S2. The van der Waals surface area contributed by atoms with Gasteiger partial charge in [0.05, 0.1) is 22.0 Å². The van der Waals surface area contributed by atoms with Gasteiger partial charge in [0.15, 0.2) is 15.0 Å². The Morgan fingerprint density at radius 2 is 2.10 bits per heavy atom. The maximum Gasteiger partial charge on any atom is 0.166 e. The highest BCUT2D eigenvalue weighted by atomic mass is 32.2. The third-order valence-electron chi connectivity index (χ3n) is 3.15. The van der Waals surface area contributed by atoms with Crippen molar-refractivity contribution in [1.29, 1.82) is 0 Å². The lowest BCUT2D eigenvalue weighted by molar-refractivity contribution is 0.586. The fraction of sp³-hybridized carbons (Fsp3) is 0.500. The van der Waals surface area contributed by atoms with Crippen molar-refractivity contribution >= 4 is 32.6 Å². The normalized spacial score (nSPS) is 12.4. The number of aromatic nitrogens is 2. The van der Waals surface area contributed by atoms with E-state index < -0.39 is 9.84 Å². The molecule has 6 heteroatoms. The van der Waals surface area contributed by atoms with Gasteiger partial charge in [-0.25, -0.2) is 13.4 Å². The van der Waals surface area contributed by atoms with Crippen LogP contribution in [-0.2, 0) is 9.84 Å². The van der Waals surface area contributed by atoms with Gasteiger partial charge in [-0.3, -0.25) is 0 Å². The first-order chi connectivity index (χ1) is 9.38. The van der Waals surface area contributed by atoms with Gasteiger partial charge in [0.25, 0.3) is 0 Å². The molecule has 2 rings (SSSR count). The highest BCUT2D eigenvalue weighted by molar-refractivity contribution is 7.99. The number of fused-ring (bicyclic) bond motifs is 1. The zero-order chi connectivity index (χ0) is 14.8. The number of nitrogens with one attached hydrogen (secondary N) is 1. The van der Waals surface area contributed by atoms with E-state index in [1.54, 1.807) is 25.6 Å². The minimum Gasteiger partial charge on any atom is -0.333 e. The van der Waals surface area contributed by atoms with Crippen molar-refractivity contribution < 1.29 is 8.42 Å². The van der Waals surface area contributed by atoms with Crippen molar-refractivity contribution in [1.82, 2.24) is 9.97 Å². The third-order valence-corrected chi connectivity index (χ3v) is 6.40. The van der Waals surface area contributed by atoms with Crippen LogP contribution in [0.15, 0.2) is 23.4 Å². The summed E-state index contributed by atoms with van der Waals surface area (Å²) in [6.07, 6.45) is 0.654. The van der Waals surface area contributed by atoms with Crippen molar-refractivity contribution in [3.05, 3.63) is 23.8 Å². The van der Waals surface area contributed by atoms with Gasteiger partial charge in [-0.15, -0.1) is 0 Å². The average Bonchev–Trinajstić information content (AvgIpc) is 2.76. The number of hydrogen-bond donors (Lipinski definition) is 1. The summed E-state index contributed by atoms with van der Waals surface area (Å²) in [7, 11) is -2.93. The van der Waals surface area contributed by atoms with Gasteiger partial charge in [0, 0.05) is 5.75 Å². The van der Waals surface area contributed by atoms with Crippen LogP contribution in [0.1, 0.15) is 25.8 Å². The van der Waals surface area contributed by atoms with Gasteiger partial charge >= 0.3 is 0 Å². The van der Waals surface area contributed by atoms with Gasteiger partial charge in [-0.1, -0.05) is 17.8 Å². The Labute approximate surface area is 124 Å². The molecule has 20 heavy (non-hydrogen) atoms. The van der Waals surface area contributed by atoms with Crippen LogP contribution in [0.25, 0.3) is 11.0 Å². The lowest BCUT2D eigenvalue weighted by Crippen LogP contribution is -2.18. The van der Waals surface area contributed by atoms with E-state index in [2.05, 4.69) is 16.0 Å². The van der Waals surface area contributed by atoms with E-state index in [0.29, 0.717) is 6.42 Å². The Bertz CT molecular complexity index is 690. The smallest absolute Gasteiger partial charge is 0.166 e. The predicted molar refractivity (Wildman–Crippen MR) is 85.1 cm³/mol.